The van der Waals surface area contributed by atoms with Crippen LogP contribution in [0.15, 0.2) is 54.9 Å². The van der Waals surface area contributed by atoms with Crippen LogP contribution >= 0.6 is 0 Å². The van der Waals surface area contributed by atoms with Gasteiger partial charge < -0.3 is 25.0 Å². The van der Waals surface area contributed by atoms with Gasteiger partial charge in [0.05, 0.1) is 11.9 Å². The van der Waals surface area contributed by atoms with Crippen LogP contribution in [0.25, 0.3) is 11.0 Å². The van der Waals surface area contributed by atoms with Crippen molar-refractivity contribution in [1.82, 2.24) is 39.5 Å². The number of rotatable bonds is 10. The molecule has 3 saturated heterocycles. The van der Waals surface area contributed by atoms with Gasteiger partial charge in [0.2, 0.25) is 17.8 Å². The molecule has 1 atom stereocenters. The van der Waals surface area contributed by atoms with Gasteiger partial charge in [0.1, 0.15) is 23.2 Å². The van der Waals surface area contributed by atoms with Gasteiger partial charge in [-0.2, -0.15) is 4.98 Å². The Labute approximate surface area is 316 Å². The van der Waals surface area contributed by atoms with Gasteiger partial charge in [-0.3, -0.25) is 29.5 Å². The molecule has 3 aromatic heterocycles. The zero-order valence-corrected chi connectivity index (χ0v) is 31.3. The molecule has 0 spiro atoms. The molecule has 1 aromatic carbocycles. The van der Waals surface area contributed by atoms with E-state index < -0.39 is 0 Å². The zero-order chi connectivity index (χ0) is 37.2. The number of carbonyl (C=O) groups is 3. The van der Waals surface area contributed by atoms with Gasteiger partial charge >= 0.3 is 0 Å². The monoisotopic (exact) mass is 733 g/mol. The van der Waals surface area contributed by atoms with E-state index in [1.165, 1.54) is 5.56 Å². The lowest BCUT2D eigenvalue weighted by Crippen LogP contribution is -2.53. The summed E-state index contributed by atoms with van der Waals surface area (Å²) >= 11 is 0. The van der Waals surface area contributed by atoms with Crippen LogP contribution < -0.4 is 20.9 Å². The highest BCUT2D eigenvalue weighted by Gasteiger charge is 2.30. The molecule has 8 rings (SSSR count). The number of anilines is 4. The van der Waals surface area contributed by atoms with Gasteiger partial charge in [-0.25, -0.2) is 9.97 Å². The first-order valence-electron chi connectivity index (χ1n) is 19.5. The van der Waals surface area contributed by atoms with Crippen LogP contribution in [0.5, 0.6) is 0 Å². The lowest BCUT2D eigenvalue weighted by Gasteiger charge is -2.43. The summed E-state index contributed by atoms with van der Waals surface area (Å²) in [5.41, 5.74) is 4.72. The van der Waals surface area contributed by atoms with E-state index in [4.69, 9.17) is 9.97 Å². The van der Waals surface area contributed by atoms with E-state index >= 15 is 0 Å². The maximum absolute atomic E-state index is 13.1. The van der Waals surface area contributed by atoms with E-state index in [0.717, 1.165) is 107 Å². The molecule has 1 saturated carbocycles. The molecule has 3 N–H and O–H groups in total. The highest BCUT2D eigenvalue weighted by molar-refractivity contribution is 6.01. The summed E-state index contributed by atoms with van der Waals surface area (Å²) in [5.74, 6) is 0.695. The predicted molar refractivity (Wildman–Crippen MR) is 209 cm³/mol. The molecule has 1 unspecified atom stereocenters. The number of aromatic nitrogens is 4. The number of imide groups is 1. The average Bonchev–Trinajstić information content (AvgIpc) is 3.85. The number of carbonyl (C=O) groups excluding carboxylic acids is 3. The van der Waals surface area contributed by atoms with Crippen molar-refractivity contribution >= 4 is 51.9 Å². The fourth-order valence-corrected chi connectivity index (χ4v) is 8.58. The van der Waals surface area contributed by atoms with E-state index in [-0.39, 0.29) is 29.8 Å². The second kappa shape index (κ2) is 15.7. The first-order valence-corrected chi connectivity index (χ1v) is 19.5. The zero-order valence-electron chi connectivity index (χ0n) is 31.3. The normalized spacial score (nSPS) is 20.7. The summed E-state index contributed by atoms with van der Waals surface area (Å²) in [4.78, 5) is 60.2. The van der Waals surface area contributed by atoms with Crippen LogP contribution in [0.3, 0.4) is 0 Å². The van der Waals surface area contributed by atoms with Crippen molar-refractivity contribution in [3.8, 4) is 0 Å². The van der Waals surface area contributed by atoms with Crippen molar-refractivity contribution in [2.75, 3.05) is 68.9 Å². The van der Waals surface area contributed by atoms with Crippen LogP contribution in [0.4, 0.5) is 23.1 Å². The predicted octanol–water partition coefficient (Wildman–Crippen LogP) is 4.39. The summed E-state index contributed by atoms with van der Waals surface area (Å²) < 4.78 is 2.13. The van der Waals surface area contributed by atoms with E-state index in [1.54, 1.807) is 25.2 Å². The molecule has 4 fully saturated rings. The molecule has 4 aliphatic rings. The minimum absolute atomic E-state index is 0.0173. The van der Waals surface area contributed by atoms with Crippen molar-refractivity contribution in [2.24, 2.45) is 0 Å². The first-order chi connectivity index (χ1) is 26.3. The number of piperazine rings is 1. The molecule has 3 amide bonds. The van der Waals surface area contributed by atoms with Gasteiger partial charge in [-0.1, -0.05) is 25.0 Å². The SMILES string of the molecule is CN(C)C(=O)c1cc2cnc(Nc3ccc(N4CCC(N5CCN(Cc6cccc(NC7CCC(=O)NC7=O)c6)CC5)CC4)cn3)nc2n1C1CCCC1. The summed E-state index contributed by atoms with van der Waals surface area (Å²) in [5, 5.41) is 9.90. The Morgan fingerprint density at radius 1 is 0.889 bits per heavy atom. The molecule has 0 radical (unpaired) electrons. The molecular formula is C40H51N11O3. The van der Waals surface area contributed by atoms with Crippen molar-refractivity contribution < 1.29 is 14.4 Å². The summed E-state index contributed by atoms with van der Waals surface area (Å²) in [7, 11) is 3.57. The number of fused-ring (bicyclic) bond motifs is 1. The summed E-state index contributed by atoms with van der Waals surface area (Å²) in [6, 6.07) is 14.8. The minimum Gasteiger partial charge on any atom is -0.374 e. The number of benzene rings is 1. The standard InChI is InChI=1S/C40H51N11O3/c1-47(2)39(54)34-23-28-24-42-40(46-37(28)51(34)31-8-3-4-9-31)44-35-12-10-32(25-41-35)49-16-14-30(15-17-49)50-20-18-48(19-21-50)26-27-6-5-7-29(22-27)43-33-11-13-36(52)45-38(33)53/h5-7,10,12,22-25,30-31,33,43H,3-4,8-9,11,13-21,26H2,1-2H3,(H,45,52,53)(H,41,42,44,46). The molecule has 14 heteroatoms. The summed E-state index contributed by atoms with van der Waals surface area (Å²) in [6.07, 6.45) is 11.3. The highest BCUT2D eigenvalue weighted by Crippen LogP contribution is 2.35. The lowest BCUT2D eigenvalue weighted by molar-refractivity contribution is -0.133. The Morgan fingerprint density at radius 3 is 2.41 bits per heavy atom. The number of amides is 3. The Kier molecular flexibility index (Phi) is 10.5. The van der Waals surface area contributed by atoms with Crippen LogP contribution in [0.2, 0.25) is 0 Å². The Hall–Kier alpha value is -5.08. The third-order valence-electron chi connectivity index (χ3n) is 11.5. The largest absolute Gasteiger partial charge is 0.374 e. The average molecular weight is 734 g/mol. The van der Waals surface area contributed by atoms with E-state index in [0.29, 0.717) is 36.3 Å². The number of nitrogens with zero attached hydrogens (tertiary/aromatic N) is 8. The second-order valence-corrected chi connectivity index (χ2v) is 15.4. The lowest BCUT2D eigenvalue weighted by atomic mass is 10.0. The number of piperidine rings is 2. The van der Waals surface area contributed by atoms with E-state index in [9.17, 15) is 14.4 Å². The number of hydrogen-bond acceptors (Lipinski definition) is 11. The van der Waals surface area contributed by atoms with E-state index in [1.807, 2.05) is 30.5 Å². The van der Waals surface area contributed by atoms with Gasteiger partial charge in [0.25, 0.3) is 5.91 Å². The van der Waals surface area contributed by atoms with Crippen molar-refractivity contribution in [2.45, 2.75) is 76.0 Å². The van der Waals surface area contributed by atoms with Crippen LogP contribution in [0.1, 0.15) is 73.5 Å². The van der Waals surface area contributed by atoms with Crippen molar-refractivity contribution in [3.05, 3.63) is 66.1 Å². The molecule has 3 aliphatic heterocycles. The van der Waals surface area contributed by atoms with Crippen molar-refractivity contribution in [1.29, 1.82) is 0 Å². The highest BCUT2D eigenvalue weighted by atomic mass is 16.2. The molecule has 14 nitrogen and oxygen atoms in total. The Morgan fingerprint density at radius 2 is 1.69 bits per heavy atom. The van der Waals surface area contributed by atoms with Crippen LogP contribution in [0, 0.1) is 0 Å². The maximum Gasteiger partial charge on any atom is 0.270 e. The van der Waals surface area contributed by atoms with Crippen LogP contribution in [-0.4, -0.2) is 117 Å². The molecule has 1 aliphatic carbocycles. The fraction of sp³-hybridized carbons (Fsp3) is 0.500. The number of hydrogen-bond donors (Lipinski definition) is 3. The number of pyridine rings is 1. The quantitative estimate of drug-likeness (QED) is 0.200. The number of nitrogens with one attached hydrogen (secondary N) is 3. The van der Waals surface area contributed by atoms with Crippen LogP contribution in [-0.2, 0) is 16.1 Å². The second-order valence-electron chi connectivity index (χ2n) is 15.4. The Bertz CT molecular complexity index is 1970. The third-order valence-corrected chi connectivity index (χ3v) is 11.5. The van der Waals surface area contributed by atoms with E-state index in [2.05, 4.69) is 58.4 Å². The molecule has 0 bridgehead atoms. The fourth-order valence-electron chi connectivity index (χ4n) is 8.58. The molecular weight excluding hydrogens is 683 g/mol. The van der Waals surface area contributed by atoms with Gasteiger partial charge in [-0.15, -0.1) is 0 Å². The molecule has 4 aromatic rings. The summed E-state index contributed by atoms with van der Waals surface area (Å²) in [6.45, 7) is 7.06. The first kappa shape index (κ1) is 35.9. The topological polar surface area (TPSA) is 144 Å². The van der Waals surface area contributed by atoms with Crippen molar-refractivity contribution in [3.63, 3.8) is 0 Å². The maximum atomic E-state index is 13.1. The minimum atomic E-state index is -0.375. The van der Waals surface area contributed by atoms with Gasteiger partial charge in [-0.05, 0) is 68.0 Å². The molecule has 54 heavy (non-hydrogen) atoms. The smallest absolute Gasteiger partial charge is 0.270 e. The van der Waals surface area contributed by atoms with Gasteiger partial charge in [0.15, 0.2) is 0 Å². The van der Waals surface area contributed by atoms with Gasteiger partial charge in [0, 0.05) is 95.7 Å². The molecule has 6 heterocycles. The molecule has 284 valence electrons. The third kappa shape index (κ3) is 7.90. The Balaban J connectivity index is 0.817.